The van der Waals surface area contributed by atoms with Gasteiger partial charge >= 0.3 is 44.8 Å². The predicted molar refractivity (Wildman–Crippen MR) is 158 cm³/mol. The summed E-state index contributed by atoms with van der Waals surface area (Å²) < 4.78 is 0. The smallest absolute Gasteiger partial charge is 0.545 e. The van der Waals surface area contributed by atoms with Gasteiger partial charge in [0, 0.05) is 33.4 Å². The van der Waals surface area contributed by atoms with Crippen molar-refractivity contribution in [1.29, 1.82) is 0 Å². The Labute approximate surface area is 313 Å². The molecular formula is C36H18Au2O12. The third kappa shape index (κ3) is 8.89. The van der Waals surface area contributed by atoms with Crippen molar-refractivity contribution < 1.29 is 104 Å². The molecule has 256 valence electrons. The third-order valence-electron chi connectivity index (χ3n) is 7.06. The maximum atomic E-state index is 10.9. The Bertz CT molecular complexity index is 2030. The first kappa shape index (κ1) is 40.6. The molecule has 50 heavy (non-hydrogen) atoms. The molecule has 0 fully saturated rings. The first-order chi connectivity index (χ1) is 22.8. The van der Waals surface area contributed by atoms with Crippen LogP contribution in [0.3, 0.4) is 0 Å². The van der Waals surface area contributed by atoms with Crippen LogP contribution in [0.1, 0.15) is 62.1 Å². The van der Waals surface area contributed by atoms with Gasteiger partial charge in [-0.25, -0.2) is 0 Å². The Morgan fingerprint density at radius 2 is 0.520 bits per heavy atom. The van der Waals surface area contributed by atoms with Gasteiger partial charge in [0.15, 0.2) is 0 Å². The molecule has 6 aromatic carbocycles. The van der Waals surface area contributed by atoms with Crippen LogP contribution in [0.5, 0.6) is 0 Å². The monoisotopic (exact) mass is 1040 g/mol. The molecule has 0 amide bonds. The number of carboxylic acid groups (broad SMARTS) is 6. The molecule has 0 aliphatic carbocycles. The Hall–Kier alpha value is -5.60. The van der Waals surface area contributed by atoms with Crippen LogP contribution in [-0.4, -0.2) is 35.8 Å². The number of fused-ring (bicyclic) bond motifs is 3. The van der Waals surface area contributed by atoms with Crippen molar-refractivity contribution in [3.8, 4) is 0 Å². The molecule has 0 spiro atoms. The molecule has 0 N–H and O–H groups in total. The van der Waals surface area contributed by atoms with E-state index < -0.39 is 35.8 Å². The molecule has 0 aliphatic heterocycles. The molecule has 6 rings (SSSR count). The van der Waals surface area contributed by atoms with E-state index >= 15 is 0 Å². The van der Waals surface area contributed by atoms with E-state index in [-0.39, 0.29) is 78.1 Å². The molecule has 0 aromatic heterocycles. The zero-order valence-electron chi connectivity index (χ0n) is 24.9. The SMILES string of the molecule is O=C([O-])c1ccc2ccccc2c1C(=O)[O-].O=C([O-])c1ccc2ccccc2c1C(=O)[O-].O=C([O-])c1ccc2ccccc2c1C(=O)[O-].[Au+3].[Au+3]. The van der Waals surface area contributed by atoms with Crippen LogP contribution in [0.4, 0.5) is 0 Å². The molecule has 0 bridgehead atoms. The number of carbonyl (C=O) groups excluding carboxylic acids is 6. The third-order valence-corrected chi connectivity index (χ3v) is 7.06. The fourth-order valence-electron chi connectivity index (χ4n) is 4.98. The summed E-state index contributed by atoms with van der Waals surface area (Å²) in [6.45, 7) is 0. The summed E-state index contributed by atoms with van der Waals surface area (Å²) in [5.74, 6) is -9.12. The second-order valence-electron chi connectivity index (χ2n) is 9.85. The average molecular weight is 1040 g/mol. The van der Waals surface area contributed by atoms with Crippen LogP contribution in [0.2, 0.25) is 0 Å². The van der Waals surface area contributed by atoms with Gasteiger partial charge in [0.25, 0.3) is 0 Å². The minimum Gasteiger partial charge on any atom is -0.545 e. The molecule has 0 unspecified atom stereocenters. The molecular weight excluding hydrogens is 1020 g/mol. The van der Waals surface area contributed by atoms with Gasteiger partial charge in [-0.2, -0.15) is 0 Å². The van der Waals surface area contributed by atoms with Crippen molar-refractivity contribution in [2.45, 2.75) is 0 Å². The second kappa shape index (κ2) is 17.7. The van der Waals surface area contributed by atoms with E-state index in [4.69, 9.17) is 0 Å². The van der Waals surface area contributed by atoms with Crippen LogP contribution in [0, 0.1) is 0 Å². The fraction of sp³-hybridized carbons (Fsp3) is 0. The number of rotatable bonds is 6. The fourth-order valence-corrected chi connectivity index (χ4v) is 4.98. The van der Waals surface area contributed by atoms with E-state index in [1.54, 1.807) is 54.6 Å². The van der Waals surface area contributed by atoms with Crippen molar-refractivity contribution in [3.05, 3.63) is 143 Å². The Balaban J connectivity index is 0.000000255. The maximum absolute atomic E-state index is 10.9. The van der Waals surface area contributed by atoms with Crippen molar-refractivity contribution in [3.63, 3.8) is 0 Å². The Morgan fingerprint density at radius 3 is 0.720 bits per heavy atom. The molecule has 0 atom stereocenters. The van der Waals surface area contributed by atoms with Crippen LogP contribution in [0.25, 0.3) is 32.3 Å². The molecule has 0 radical (unpaired) electrons. The van der Waals surface area contributed by atoms with Gasteiger partial charge in [-0.15, -0.1) is 0 Å². The van der Waals surface area contributed by atoms with Crippen LogP contribution < -0.4 is 30.6 Å². The quantitative estimate of drug-likeness (QED) is 0.177. The topological polar surface area (TPSA) is 241 Å². The first-order valence-corrected chi connectivity index (χ1v) is 13.7. The van der Waals surface area contributed by atoms with Crippen LogP contribution in [-0.2, 0) is 44.8 Å². The molecule has 0 heterocycles. The summed E-state index contributed by atoms with van der Waals surface area (Å²) in [7, 11) is 0. The van der Waals surface area contributed by atoms with E-state index in [0.717, 1.165) is 0 Å². The number of hydrogen-bond acceptors (Lipinski definition) is 12. The zero-order valence-corrected chi connectivity index (χ0v) is 29.2. The Morgan fingerprint density at radius 1 is 0.300 bits per heavy atom. The molecule has 12 nitrogen and oxygen atoms in total. The second-order valence-corrected chi connectivity index (χ2v) is 9.85. The van der Waals surface area contributed by atoms with Gasteiger partial charge in [0.05, 0.1) is 35.8 Å². The van der Waals surface area contributed by atoms with Gasteiger partial charge in [-0.1, -0.05) is 109 Å². The van der Waals surface area contributed by atoms with E-state index in [2.05, 4.69) is 0 Å². The summed E-state index contributed by atoms with van der Waals surface area (Å²) in [6, 6.07) is 28.0. The number of carboxylic acids is 6. The van der Waals surface area contributed by atoms with Crippen LogP contribution >= 0.6 is 0 Å². The number of benzene rings is 6. The van der Waals surface area contributed by atoms with Gasteiger partial charge < -0.3 is 59.4 Å². The van der Waals surface area contributed by atoms with Gasteiger partial charge in [0.2, 0.25) is 0 Å². The molecule has 0 aliphatic rings. The normalized spacial score (nSPS) is 9.84. The van der Waals surface area contributed by atoms with E-state index in [1.807, 2.05) is 0 Å². The summed E-state index contributed by atoms with van der Waals surface area (Å²) in [5, 5.41) is 68.1. The van der Waals surface area contributed by atoms with Crippen molar-refractivity contribution in [1.82, 2.24) is 0 Å². The van der Waals surface area contributed by atoms with E-state index in [9.17, 15) is 59.4 Å². The number of carbonyl (C=O) groups is 6. The van der Waals surface area contributed by atoms with Gasteiger partial charge in [0.1, 0.15) is 0 Å². The number of aromatic carboxylic acids is 6. The van der Waals surface area contributed by atoms with Crippen molar-refractivity contribution in [2.24, 2.45) is 0 Å². The summed E-state index contributed by atoms with van der Waals surface area (Å²) in [5.41, 5.74) is -2.09. The first-order valence-electron chi connectivity index (χ1n) is 13.7. The average Bonchev–Trinajstić information content (AvgIpc) is 3.06. The molecule has 6 aromatic rings. The van der Waals surface area contributed by atoms with Crippen molar-refractivity contribution in [2.75, 3.05) is 0 Å². The standard InChI is InChI=1S/3C12H8O4.2Au/c3*13-11(14)9-6-5-7-3-1-2-4-8(7)10(9)12(15)16;;/h3*1-6H,(H,13,14)(H,15,16);;/q;;;2*+3/p-6. The van der Waals surface area contributed by atoms with E-state index in [0.29, 0.717) is 32.3 Å². The zero-order chi connectivity index (χ0) is 35.1. The predicted octanol–water partition coefficient (Wildman–Crippen LogP) is -1.30. The van der Waals surface area contributed by atoms with Gasteiger partial charge in [-0.3, -0.25) is 0 Å². The Kier molecular flexibility index (Phi) is 14.4. The van der Waals surface area contributed by atoms with E-state index in [1.165, 1.54) is 54.6 Å². The van der Waals surface area contributed by atoms with Crippen molar-refractivity contribution >= 4 is 68.1 Å². The maximum Gasteiger partial charge on any atom is 3.00 e. The molecule has 0 saturated heterocycles. The van der Waals surface area contributed by atoms with Crippen LogP contribution in [0.15, 0.2) is 109 Å². The minimum absolute atomic E-state index is 0. The molecule has 14 heteroatoms. The van der Waals surface area contributed by atoms with Gasteiger partial charge in [-0.05, 0) is 32.3 Å². The summed E-state index contributed by atoms with van der Waals surface area (Å²) in [6.07, 6.45) is 0. The summed E-state index contributed by atoms with van der Waals surface area (Å²) >= 11 is 0. The molecule has 0 saturated carbocycles. The minimum atomic E-state index is -1.52. The largest absolute Gasteiger partial charge is 3.00 e. The summed E-state index contributed by atoms with van der Waals surface area (Å²) in [4.78, 5) is 65.1. The number of hydrogen-bond donors (Lipinski definition) is 0.